The smallest absolute Gasteiger partial charge is 0.240 e. The Balaban J connectivity index is 1.94. The molecule has 1 aliphatic heterocycles. The Hall–Kier alpha value is -1.47. The summed E-state index contributed by atoms with van der Waals surface area (Å²) < 4.78 is 39.8. The summed E-state index contributed by atoms with van der Waals surface area (Å²) in [5, 5.41) is 0. The van der Waals surface area contributed by atoms with Crippen molar-refractivity contribution in [1.82, 2.24) is 9.62 Å². The van der Waals surface area contributed by atoms with E-state index in [2.05, 4.69) is 4.72 Å². The minimum atomic E-state index is -3.67. The van der Waals surface area contributed by atoms with E-state index < -0.39 is 15.8 Å². The Morgan fingerprint density at radius 2 is 2.10 bits per heavy atom. The van der Waals surface area contributed by atoms with E-state index in [1.165, 1.54) is 19.1 Å². The molecule has 116 valence electrons. The third-order valence-corrected chi connectivity index (χ3v) is 4.99. The molecule has 1 fully saturated rings. The van der Waals surface area contributed by atoms with Crippen LogP contribution < -0.4 is 4.72 Å². The largest absolute Gasteiger partial charge is 0.341 e. The second-order valence-electron chi connectivity index (χ2n) is 5.15. The number of hydrogen-bond acceptors (Lipinski definition) is 3. The lowest BCUT2D eigenvalue weighted by atomic mass is 10.1. The summed E-state index contributed by atoms with van der Waals surface area (Å²) in [4.78, 5) is 13.3. The summed E-state index contributed by atoms with van der Waals surface area (Å²) in [6.07, 6.45) is 2.38. The number of rotatable bonds is 5. The molecule has 0 spiro atoms. The molecule has 0 atom stereocenters. The van der Waals surface area contributed by atoms with Crippen LogP contribution in [0.3, 0.4) is 0 Å². The van der Waals surface area contributed by atoms with Gasteiger partial charge in [-0.05, 0) is 43.5 Å². The molecule has 0 aromatic heterocycles. The van der Waals surface area contributed by atoms with Gasteiger partial charge in [0, 0.05) is 26.1 Å². The van der Waals surface area contributed by atoms with Crippen molar-refractivity contribution in [3.63, 3.8) is 0 Å². The van der Waals surface area contributed by atoms with Crippen LogP contribution in [0.4, 0.5) is 4.39 Å². The van der Waals surface area contributed by atoms with Gasteiger partial charge in [0.25, 0.3) is 0 Å². The summed E-state index contributed by atoms with van der Waals surface area (Å²) in [6.45, 7) is 2.71. The zero-order valence-electron chi connectivity index (χ0n) is 11.9. The number of halogens is 1. The van der Waals surface area contributed by atoms with Gasteiger partial charge in [-0.25, -0.2) is 17.5 Å². The second-order valence-corrected chi connectivity index (χ2v) is 6.91. The van der Waals surface area contributed by atoms with E-state index in [4.69, 9.17) is 0 Å². The quantitative estimate of drug-likeness (QED) is 0.894. The van der Waals surface area contributed by atoms with Gasteiger partial charge < -0.3 is 4.90 Å². The predicted molar refractivity (Wildman–Crippen MR) is 76.8 cm³/mol. The molecule has 1 aliphatic rings. The van der Waals surface area contributed by atoms with E-state index in [0.29, 0.717) is 19.5 Å². The van der Waals surface area contributed by atoms with Crippen LogP contribution in [0.15, 0.2) is 23.1 Å². The molecule has 0 bridgehead atoms. The zero-order chi connectivity index (χ0) is 15.5. The number of piperidine rings is 1. The molecule has 0 aliphatic carbocycles. The van der Waals surface area contributed by atoms with Crippen LogP contribution >= 0.6 is 0 Å². The lowest BCUT2D eigenvalue weighted by molar-refractivity contribution is -0.133. The summed E-state index contributed by atoms with van der Waals surface area (Å²) in [7, 11) is -3.67. The van der Waals surface area contributed by atoms with Crippen molar-refractivity contribution in [3.8, 4) is 0 Å². The minimum Gasteiger partial charge on any atom is -0.341 e. The molecule has 2 rings (SSSR count). The van der Waals surface area contributed by atoms with Crippen LogP contribution in [0.25, 0.3) is 0 Å². The van der Waals surface area contributed by atoms with Gasteiger partial charge in [0.2, 0.25) is 15.9 Å². The Morgan fingerprint density at radius 1 is 1.33 bits per heavy atom. The molecule has 1 N–H and O–H groups in total. The maximum absolute atomic E-state index is 13.2. The number of nitrogens with zero attached hydrogens (tertiary/aromatic N) is 1. The second kappa shape index (κ2) is 6.53. The maximum atomic E-state index is 13.2. The molecule has 7 heteroatoms. The number of sulfonamides is 1. The fraction of sp³-hybridized carbons (Fsp3) is 0.500. The van der Waals surface area contributed by atoms with Crippen molar-refractivity contribution in [1.29, 1.82) is 0 Å². The van der Waals surface area contributed by atoms with Gasteiger partial charge in [0.15, 0.2) is 0 Å². The van der Waals surface area contributed by atoms with Crippen molar-refractivity contribution in [3.05, 3.63) is 29.6 Å². The summed E-state index contributed by atoms with van der Waals surface area (Å²) >= 11 is 0. The summed E-state index contributed by atoms with van der Waals surface area (Å²) in [5.41, 5.74) is 0.282. The Bertz CT molecular complexity index is 631. The number of carbonyl (C=O) groups is 1. The van der Waals surface area contributed by atoms with Crippen molar-refractivity contribution in [2.24, 2.45) is 0 Å². The molecule has 1 aromatic carbocycles. The van der Waals surface area contributed by atoms with Gasteiger partial charge in [-0.15, -0.1) is 0 Å². The number of carbonyl (C=O) groups excluding carboxylic acids is 1. The van der Waals surface area contributed by atoms with Gasteiger partial charge in [-0.2, -0.15) is 0 Å². The topological polar surface area (TPSA) is 66.5 Å². The molecular formula is C14H19FN2O3S. The normalized spacial score (nSPS) is 16.3. The van der Waals surface area contributed by atoms with Gasteiger partial charge in [0.1, 0.15) is 5.82 Å². The maximum Gasteiger partial charge on any atom is 0.240 e. The minimum absolute atomic E-state index is 0.0337. The van der Waals surface area contributed by atoms with E-state index in [-0.39, 0.29) is 22.9 Å². The molecular weight excluding hydrogens is 295 g/mol. The van der Waals surface area contributed by atoms with Crippen molar-refractivity contribution < 1.29 is 17.6 Å². The third-order valence-electron chi connectivity index (χ3n) is 3.53. The van der Waals surface area contributed by atoms with E-state index in [9.17, 15) is 17.6 Å². The molecule has 1 amide bonds. The molecule has 21 heavy (non-hydrogen) atoms. The van der Waals surface area contributed by atoms with Crippen LogP contribution in [0, 0.1) is 12.7 Å². The molecule has 1 aromatic rings. The first-order valence-electron chi connectivity index (χ1n) is 6.94. The number of benzene rings is 1. The van der Waals surface area contributed by atoms with E-state index in [0.717, 1.165) is 18.9 Å². The zero-order valence-corrected chi connectivity index (χ0v) is 12.7. The highest BCUT2D eigenvalue weighted by molar-refractivity contribution is 7.89. The van der Waals surface area contributed by atoms with Gasteiger partial charge in [-0.3, -0.25) is 4.79 Å². The number of aryl methyl sites for hydroxylation is 1. The number of likely N-dealkylation sites (tertiary alicyclic amines) is 1. The van der Waals surface area contributed by atoms with Crippen LogP contribution in [0.1, 0.15) is 24.8 Å². The highest BCUT2D eigenvalue weighted by Gasteiger charge is 2.19. The Kier molecular flexibility index (Phi) is 4.95. The van der Waals surface area contributed by atoms with E-state index in [1.807, 2.05) is 0 Å². The van der Waals surface area contributed by atoms with Crippen LogP contribution in [0.5, 0.6) is 0 Å². The standard InChI is InChI=1S/C14H19FN2O3S/c1-11-10-12(5-6-13(11)15)21(19,20)16-7-9-17-8-3-2-4-14(17)18/h5-6,10,16H,2-4,7-9H2,1H3. The number of nitrogens with one attached hydrogen (secondary N) is 1. The van der Waals surface area contributed by atoms with Crippen molar-refractivity contribution in [2.75, 3.05) is 19.6 Å². The van der Waals surface area contributed by atoms with Crippen LogP contribution in [0.2, 0.25) is 0 Å². The van der Waals surface area contributed by atoms with E-state index in [1.54, 1.807) is 4.90 Å². The SMILES string of the molecule is Cc1cc(S(=O)(=O)NCCN2CCCCC2=O)ccc1F. The summed E-state index contributed by atoms with van der Waals surface area (Å²) in [6, 6.07) is 3.67. The molecule has 5 nitrogen and oxygen atoms in total. The third kappa shape index (κ3) is 4.01. The fourth-order valence-electron chi connectivity index (χ4n) is 2.28. The average Bonchev–Trinajstić information content (AvgIpc) is 2.44. The average molecular weight is 314 g/mol. The predicted octanol–water partition coefficient (Wildman–Crippen LogP) is 1.42. The number of amides is 1. The lowest BCUT2D eigenvalue weighted by Gasteiger charge is -2.26. The van der Waals surface area contributed by atoms with Gasteiger partial charge in [0.05, 0.1) is 4.90 Å². The summed E-state index contributed by atoms with van der Waals surface area (Å²) in [5.74, 6) is -0.370. The van der Waals surface area contributed by atoms with Gasteiger partial charge >= 0.3 is 0 Å². The lowest BCUT2D eigenvalue weighted by Crippen LogP contribution is -2.41. The first kappa shape index (κ1) is 15.9. The Labute approximate surface area is 124 Å². The molecule has 1 saturated heterocycles. The molecule has 0 unspecified atom stereocenters. The monoisotopic (exact) mass is 314 g/mol. The Morgan fingerprint density at radius 3 is 2.76 bits per heavy atom. The van der Waals surface area contributed by atoms with Gasteiger partial charge in [-0.1, -0.05) is 0 Å². The first-order chi connectivity index (χ1) is 9.90. The fourth-order valence-corrected chi connectivity index (χ4v) is 3.39. The van der Waals surface area contributed by atoms with Crippen LogP contribution in [-0.2, 0) is 14.8 Å². The highest BCUT2D eigenvalue weighted by Crippen LogP contribution is 2.14. The molecule has 1 heterocycles. The number of hydrogen-bond donors (Lipinski definition) is 1. The van der Waals surface area contributed by atoms with Crippen LogP contribution in [-0.4, -0.2) is 38.9 Å². The first-order valence-corrected chi connectivity index (χ1v) is 8.42. The van der Waals surface area contributed by atoms with Crippen molar-refractivity contribution >= 4 is 15.9 Å². The molecule has 0 radical (unpaired) electrons. The molecule has 0 saturated carbocycles. The highest BCUT2D eigenvalue weighted by atomic mass is 32.2. The van der Waals surface area contributed by atoms with Crippen molar-refractivity contribution in [2.45, 2.75) is 31.1 Å². The van der Waals surface area contributed by atoms with E-state index >= 15 is 0 Å².